The van der Waals surface area contributed by atoms with E-state index in [2.05, 4.69) is 13.8 Å². The molecule has 2 bridgehead atoms. The Kier molecular flexibility index (Phi) is 7.39. The van der Waals surface area contributed by atoms with Crippen LogP contribution >= 0.6 is 11.6 Å². The number of carbonyl (C=O) groups excluding carboxylic acids is 1. The number of ether oxygens (including phenoxy) is 2. The van der Waals surface area contributed by atoms with Gasteiger partial charge < -0.3 is 24.3 Å². The van der Waals surface area contributed by atoms with Crippen LogP contribution in [0.1, 0.15) is 65.4 Å². The maximum absolute atomic E-state index is 15.6. The molecule has 7 nitrogen and oxygen atoms in total. The number of hydrogen-bond donors (Lipinski definition) is 2. The van der Waals surface area contributed by atoms with Crippen LogP contribution in [0.4, 0.5) is 4.39 Å². The Balaban J connectivity index is 1.68. The van der Waals surface area contributed by atoms with E-state index in [0.717, 1.165) is 25.7 Å². The lowest BCUT2D eigenvalue weighted by molar-refractivity contribution is -0.192. The molecular formula is C29H39BClFO7. The standard InChI is InChI=1S/C29H39BClFO7/c1-15-8-10-29-11-9-20(37-5)24(29)28(15,4)18(12-27(3,14-31)25(33)16(29)2)23(26(34)35)39-19-7-6-17-13-38-30(36)21(17)22(19)32/h6-7,15-16,18,20,23-24,36H,8-14H2,1-5H3,(H,34,35)/t15-,16+,18+,20-,23?,24-,27+,28-,29+/m1/s1. The summed E-state index contributed by atoms with van der Waals surface area (Å²) in [5, 5.41) is 20.8. The van der Waals surface area contributed by atoms with Crippen molar-refractivity contribution < 1.29 is 38.2 Å². The predicted molar refractivity (Wildman–Crippen MR) is 144 cm³/mol. The topological polar surface area (TPSA) is 102 Å². The molecule has 3 fully saturated rings. The molecular weight excluding hydrogens is 526 g/mol. The first-order valence-corrected chi connectivity index (χ1v) is 14.5. The van der Waals surface area contributed by atoms with E-state index < -0.39 is 41.8 Å². The Labute approximate surface area is 234 Å². The van der Waals surface area contributed by atoms with Gasteiger partial charge in [0, 0.05) is 35.7 Å². The molecule has 1 unspecified atom stereocenters. The Bertz CT molecular complexity index is 1170. The number of hydrogen-bond acceptors (Lipinski definition) is 6. The molecule has 1 heterocycles. The van der Waals surface area contributed by atoms with Gasteiger partial charge in [-0.1, -0.05) is 33.8 Å². The van der Waals surface area contributed by atoms with Crippen molar-refractivity contribution in [3.05, 3.63) is 23.5 Å². The number of carboxylic acid groups (broad SMARTS) is 1. The minimum Gasteiger partial charge on any atom is -0.478 e. The molecule has 4 aliphatic rings. The zero-order valence-corrected chi connectivity index (χ0v) is 24.1. The average Bonchev–Trinajstić information content (AvgIpc) is 3.49. The van der Waals surface area contributed by atoms with Crippen LogP contribution in [0.5, 0.6) is 5.75 Å². The predicted octanol–water partition coefficient (Wildman–Crippen LogP) is 4.19. The van der Waals surface area contributed by atoms with Crippen molar-refractivity contribution in [3.63, 3.8) is 0 Å². The van der Waals surface area contributed by atoms with Gasteiger partial charge in [0.15, 0.2) is 17.7 Å². The first-order valence-electron chi connectivity index (χ1n) is 14.0. The van der Waals surface area contributed by atoms with Gasteiger partial charge >= 0.3 is 13.1 Å². The molecule has 2 N–H and O–H groups in total. The van der Waals surface area contributed by atoms with Crippen molar-refractivity contribution in [2.24, 2.45) is 39.9 Å². The molecule has 9 atom stereocenters. The van der Waals surface area contributed by atoms with Crippen molar-refractivity contribution in [1.82, 2.24) is 0 Å². The number of carboxylic acids is 1. The minimum absolute atomic E-state index is 0.0320. The Hall–Kier alpha value is -1.68. The lowest BCUT2D eigenvalue weighted by Crippen LogP contribution is -2.64. The summed E-state index contributed by atoms with van der Waals surface area (Å²) in [6, 6.07) is 2.98. The SMILES string of the molecule is CO[C@@H]1CC[C@@]23CC[C@@H](C)[C@](C)([C@H](C(Oc4ccc5c(c4F)B(O)OC5)C(=O)O)C[C@@](C)(CCl)C(=O)[C@@H]2C)[C@@H]13. The van der Waals surface area contributed by atoms with Crippen LogP contribution in [0.15, 0.2) is 12.1 Å². The highest BCUT2D eigenvalue weighted by atomic mass is 35.5. The summed E-state index contributed by atoms with van der Waals surface area (Å²) < 4.78 is 32.9. The molecule has 0 amide bonds. The second kappa shape index (κ2) is 10.0. The van der Waals surface area contributed by atoms with Gasteiger partial charge in [-0.3, -0.25) is 4.79 Å². The van der Waals surface area contributed by atoms with Crippen molar-refractivity contribution in [3.8, 4) is 5.75 Å². The molecule has 0 radical (unpaired) electrons. The monoisotopic (exact) mass is 564 g/mol. The number of methoxy groups -OCH3 is 1. The van der Waals surface area contributed by atoms with Crippen LogP contribution in [-0.2, 0) is 25.6 Å². The number of benzene rings is 1. The normalized spacial score (nSPS) is 40.5. The van der Waals surface area contributed by atoms with Crippen LogP contribution in [0.2, 0.25) is 0 Å². The number of Topliss-reactive ketones (excluding diaryl/α,β-unsaturated/α-hetero) is 1. The smallest absolute Gasteiger partial charge is 0.478 e. The number of aliphatic carboxylic acids is 1. The van der Waals surface area contributed by atoms with Gasteiger partial charge in [-0.25, -0.2) is 9.18 Å². The number of halogens is 2. The fourth-order valence-corrected chi connectivity index (χ4v) is 9.23. The van der Waals surface area contributed by atoms with E-state index in [9.17, 15) is 19.7 Å². The highest BCUT2D eigenvalue weighted by molar-refractivity contribution is 6.61. The van der Waals surface area contributed by atoms with Crippen LogP contribution in [0.25, 0.3) is 0 Å². The van der Waals surface area contributed by atoms with Crippen LogP contribution in [0.3, 0.4) is 0 Å². The lowest BCUT2D eigenvalue weighted by atomic mass is 9.41. The van der Waals surface area contributed by atoms with Crippen molar-refractivity contribution >= 4 is 35.9 Å². The zero-order valence-electron chi connectivity index (χ0n) is 23.3. The van der Waals surface area contributed by atoms with Gasteiger partial charge in [-0.05, 0) is 66.4 Å². The summed E-state index contributed by atoms with van der Waals surface area (Å²) in [5.74, 6) is -3.11. The maximum atomic E-state index is 15.6. The molecule has 10 heteroatoms. The van der Waals surface area contributed by atoms with E-state index in [-0.39, 0.29) is 65.2 Å². The van der Waals surface area contributed by atoms with E-state index in [1.165, 1.54) is 6.07 Å². The quantitative estimate of drug-likeness (QED) is 0.394. The number of fused-ring (bicyclic) bond motifs is 1. The Morgan fingerprint density at radius 1 is 1.28 bits per heavy atom. The minimum atomic E-state index is -1.46. The van der Waals surface area contributed by atoms with Gasteiger partial charge in [-0.15, -0.1) is 11.6 Å². The van der Waals surface area contributed by atoms with E-state index in [4.69, 9.17) is 25.7 Å². The number of alkyl halides is 1. The molecule has 3 saturated carbocycles. The van der Waals surface area contributed by atoms with Gasteiger partial charge in [-0.2, -0.15) is 0 Å². The summed E-state index contributed by atoms with van der Waals surface area (Å²) in [6.45, 7) is 8.19. The highest BCUT2D eigenvalue weighted by Gasteiger charge is 2.69. The molecule has 0 saturated heterocycles. The molecule has 0 aromatic heterocycles. The van der Waals surface area contributed by atoms with Gasteiger partial charge in [0.2, 0.25) is 0 Å². The third-order valence-corrected chi connectivity index (χ3v) is 11.9. The molecule has 1 aromatic rings. The fourth-order valence-electron chi connectivity index (χ4n) is 8.99. The Morgan fingerprint density at radius 3 is 2.62 bits per heavy atom. The number of ketones is 1. The third kappa shape index (κ3) is 4.09. The fraction of sp³-hybridized carbons (Fsp3) is 0.724. The van der Waals surface area contributed by atoms with E-state index in [0.29, 0.717) is 5.56 Å². The summed E-state index contributed by atoms with van der Waals surface area (Å²) in [4.78, 5) is 27.2. The molecule has 5 rings (SSSR count). The van der Waals surface area contributed by atoms with E-state index >= 15 is 4.39 Å². The first kappa shape index (κ1) is 28.8. The number of rotatable bonds is 6. The third-order valence-electron chi connectivity index (χ3n) is 11.3. The van der Waals surface area contributed by atoms with Crippen molar-refractivity contribution in [1.29, 1.82) is 0 Å². The Morgan fingerprint density at radius 2 is 1.97 bits per heavy atom. The van der Waals surface area contributed by atoms with Crippen molar-refractivity contribution in [2.45, 2.75) is 78.6 Å². The van der Waals surface area contributed by atoms with Crippen molar-refractivity contribution in [2.75, 3.05) is 13.0 Å². The summed E-state index contributed by atoms with van der Waals surface area (Å²) in [5.41, 5.74) is -1.46. The second-order valence-corrected chi connectivity index (χ2v) is 13.2. The van der Waals surface area contributed by atoms with Crippen LogP contribution in [0, 0.1) is 45.7 Å². The summed E-state index contributed by atoms with van der Waals surface area (Å²) in [7, 11) is 0.249. The van der Waals surface area contributed by atoms with Gasteiger partial charge in [0.05, 0.1) is 12.7 Å². The largest absolute Gasteiger partial charge is 0.494 e. The summed E-state index contributed by atoms with van der Waals surface area (Å²) in [6.07, 6.45) is 1.93. The molecule has 214 valence electrons. The maximum Gasteiger partial charge on any atom is 0.494 e. The molecule has 0 spiro atoms. The molecule has 1 aliphatic heterocycles. The molecule has 3 aliphatic carbocycles. The highest BCUT2D eigenvalue weighted by Crippen LogP contribution is 2.70. The van der Waals surface area contributed by atoms with Gasteiger partial charge in [0.1, 0.15) is 5.78 Å². The number of carbonyl (C=O) groups is 2. The first-order chi connectivity index (χ1) is 18.4. The zero-order chi connectivity index (χ0) is 28.5. The van der Waals surface area contributed by atoms with Crippen LogP contribution < -0.4 is 10.2 Å². The van der Waals surface area contributed by atoms with E-state index in [1.807, 2.05) is 13.8 Å². The van der Waals surface area contributed by atoms with Crippen LogP contribution in [-0.4, -0.2) is 54.2 Å². The molecule has 1 aromatic carbocycles. The van der Waals surface area contributed by atoms with E-state index in [1.54, 1.807) is 13.2 Å². The lowest BCUT2D eigenvalue weighted by Gasteiger charge is -2.63. The second-order valence-electron chi connectivity index (χ2n) is 12.9. The average molecular weight is 565 g/mol. The van der Waals surface area contributed by atoms with Gasteiger partial charge in [0.25, 0.3) is 0 Å². The summed E-state index contributed by atoms with van der Waals surface area (Å²) >= 11 is 6.52. The molecule has 39 heavy (non-hydrogen) atoms.